The van der Waals surface area contributed by atoms with Gasteiger partial charge in [0.1, 0.15) is 9.84 Å². The minimum Gasteiger partial charge on any atom is -0.399 e. The Morgan fingerprint density at radius 1 is 1.20 bits per heavy atom. The van der Waals surface area contributed by atoms with E-state index in [0.29, 0.717) is 31.4 Å². The first kappa shape index (κ1) is 14.8. The van der Waals surface area contributed by atoms with E-state index in [1.165, 1.54) is 0 Å². The first-order valence-corrected chi connectivity index (χ1v) is 8.61. The number of hydrogen-bond donors (Lipinski definition) is 2. The molecule has 1 saturated heterocycles. The standard InChI is InChI=1S/C14H20N2O3S/c15-12-4-1-11(2-5-12)3-6-14(17)16-13-7-9-20(18,19)10-8-13/h1-2,4-5,13H,3,6-10,15H2,(H,16,17). The van der Waals surface area contributed by atoms with Gasteiger partial charge in [-0.3, -0.25) is 4.79 Å². The number of carbonyl (C=O) groups excluding carboxylic acids is 1. The summed E-state index contributed by atoms with van der Waals surface area (Å²) in [5.41, 5.74) is 7.38. The summed E-state index contributed by atoms with van der Waals surface area (Å²) in [6.07, 6.45) is 2.12. The second-order valence-corrected chi connectivity index (χ2v) is 7.54. The van der Waals surface area contributed by atoms with Gasteiger partial charge in [-0.1, -0.05) is 12.1 Å². The van der Waals surface area contributed by atoms with Crippen molar-refractivity contribution in [2.24, 2.45) is 0 Å². The zero-order chi connectivity index (χ0) is 14.6. The molecule has 1 aliphatic heterocycles. The number of nitrogens with two attached hydrogens (primary N) is 1. The topological polar surface area (TPSA) is 89.3 Å². The highest BCUT2D eigenvalue weighted by molar-refractivity contribution is 7.91. The van der Waals surface area contributed by atoms with Gasteiger partial charge in [-0.05, 0) is 37.0 Å². The van der Waals surface area contributed by atoms with Crippen molar-refractivity contribution in [1.29, 1.82) is 0 Å². The van der Waals surface area contributed by atoms with E-state index in [2.05, 4.69) is 5.32 Å². The number of nitrogen functional groups attached to an aromatic ring is 1. The second-order valence-electron chi connectivity index (χ2n) is 5.24. The SMILES string of the molecule is Nc1ccc(CCC(=O)NC2CCS(=O)(=O)CC2)cc1. The summed E-state index contributed by atoms with van der Waals surface area (Å²) in [5.74, 6) is 0.331. The number of nitrogens with one attached hydrogen (secondary N) is 1. The van der Waals surface area contributed by atoms with Crippen molar-refractivity contribution in [1.82, 2.24) is 5.32 Å². The van der Waals surface area contributed by atoms with Gasteiger partial charge in [-0.2, -0.15) is 0 Å². The lowest BCUT2D eigenvalue weighted by atomic mass is 10.1. The minimum absolute atomic E-state index is 0.00237. The van der Waals surface area contributed by atoms with Gasteiger partial charge >= 0.3 is 0 Å². The fourth-order valence-electron chi connectivity index (χ4n) is 2.28. The summed E-state index contributed by atoms with van der Waals surface area (Å²) in [5, 5.41) is 2.91. The average molecular weight is 296 g/mol. The molecule has 2 rings (SSSR count). The number of aryl methyl sites for hydroxylation is 1. The van der Waals surface area contributed by atoms with Gasteiger partial charge in [0.15, 0.2) is 0 Å². The maximum absolute atomic E-state index is 11.8. The largest absolute Gasteiger partial charge is 0.399 e. The lowest BCUT2D eigenvalue weighted by Crippen LogP contribution is -2.40. The van der Waals surface area contributed by atoms with E-state index in [1.54, 1.807) is 0 Å². The van der Waals surface area contributed by atoms with Crippen molar-refractivity contribution in [2.75, 3.05) is 17.2 Å². The average Bonchev–Trinajstić information content (AvgIpc) is 2.41. The molecule has 1 heterocycles. The molecule has 0 atom stereocenters. The van der Waals surface area contributed by atoms with Crippen molar-refractivity contribution >= 4 is 21.4 Å². The molecule has 0 spiro atoms. The summed E-state index contributed by atoms with van der Waals surface area (Å²) in [6.45, 7) is 0. The van der Waals surface area contributed by atoms with Crippen LogP contribution in [-0.2, 0) is 21.1 Å². The highest BCUT2D eigenvalue weighted by atomic mass is 32.2. The first-order valence-electron chi connectivity index (χ1n) is 6.79. The number of rotatable bonds is 4. The maximum Gasteiger partial charge on any atom is 0.220 e. The predicted molar refractivity (Wildman–Crippen MR) is 79.0 cm³/mol. The quantitative estimate of drug-likeness (QED) is 0.808. The van der Waals surface area contributed by atoms with Crippen LogP contribution in [0.2, 0.25) is 0 Å². The molecule has 1 fully saturated rings. The number of hydrogen-bond acceptors (Lipinski definition) is 4. The van der Waals surface area contributed by atoms with Crippen LogP contribution < -0.4 is 11.1 Å². The van der Waals surface area contributed by atoms with Crippen molar-refractivity contribution in [3.8, 4) is 0 Å². The van der Waals surface area contributed by atoms with E-state index in [9.17, 15) is 13.2 Å². The summed E-state index contributed by atoms with van der Waals surface area (Å²) < 4.78 is 22.6. The van der Waals surface area contributed by atoms with Crippen LogP contribution >= 0.6 is 0 Å². The van der Waals surface area contributed by atoms with Gasteiger partial charge in [0.25, 0.3) is 0 Å². The van der Waals surface area contributed by atoms with Crippen molar-refractivity contribution in [3.05, 3.63) is 29.8 Å². The number of benzene rings is 1. The molecule has 3 N–H and O–H groups in total. The summed E-state index contributed by atoms with van der Waals surface area (Å²) in [6, 6.07) is 7.46. The molecular weight excluding hydrogens is 276 g/mol. The Morgan fingerprint density at radius 2 is 1.80 bits per heavy atom. The zero-order valence-electron chi connectivity index (χ0n) is 11.3. The molecule has 0 aliphatic carbocycles. The van der Waals surface area contributed by atoms with Crippen LogP contribution in [0, 0.1) is 0 Å². The first-order chi connectivity index (χ1) is 9.44. The molecule has 0 radical (unpaired) electrons. The molecule has 1 aliphatic rings. The van der Waals surface area contributed by atoms with Gasteiger partial charge in [-0.25, -0.2) is 8.42 Å². The Bertz CT molecular complexity index is 553. The van der Waals surface area contributed by atoms with Gasteiger partial charge < -0.3 is 11.1 Å². The van der Waals surface area contributed by atoms with Crippen LogP contribution in [0.5, 0.6) is 0 Å². The van der Waals surface area contributed by atoms with Crippen LogP contribution in [0.15, 0.2) is 24.3 Å². The zero-order valence-corrected chi connectivity index (χ0v) is 12.2. The summed E-state index contributed by atoms with van der Waals surface area (Å²) in [7, 11) is -2.87. The van der Waals surface area contributed by atoms with E-state index in [0.717, 1.165) is 5.56 Å². The Labute approximate surface area is 119 Å². The normalized spacial score (nSPS) is 18.6. The lowest BCUT2D eigenvalue weighted by molar-refractivity contribution is -0.121. The molecule has 1 aromatic rings. The van der Waals surface area contributed by atoms with Gasteiger partial charge in [0, 0.05) is 18.2 Å². The Balaban J connectivity index is 1.74. The van der Waals surface area contributed by atoms with Gasteiger partial charge in [-0.15, -0.1) is 0 Å². The lowest BCUT2D eigenvalue weighted by Gasteiger charge is -2.23. The molecule has 5 nitrogen and oxygen atoms in total. The van der Waals surface area contributed by atoms with Crippen LogP contribution in [0.3, 0.4) is 0 Å². The molecular formula is C14H20N2O3S. The van der Waals surface area contributed by atoms with Gasteiger partial charge in [0.05, 0.1) is 11.5 Å². The molecule has 20 heavy (non-hydrogen) atoms. The molecule has 6 heteroatoms. The molecule has 0 unspecified atom stereocenters. The third-order valence-corrected chi connectivity index (χ3v) is 5.26. The van der Waals surface area contributed by atoms with E-state index in [4.69, 9.17) is 5.73 Å². The van der Waals surface area contributed by atoms with E-state index < -0.39 is 9.84 Å². The monoisotopic (exact) mass is 296 g/mol. The Hall–Kier alpha value is -1.56. The molecule has 1 amide bonds. The molecule has 1 aromatic carbocycles. The van der Waals surface area contributed by atoms with E-state index >= 15 is 0 Å². The third-order valence-electron chi connectivity index (χ3n) is 3.54. The van der Waals surface area contributed by atoms with Crippen molar-refractivity contribution in [3.63, 3.8) is 0 Å². The number of carbonyl (C=O) groups is 1. The Morgan fingerprint density at radius 3 is 2.40 bits per heavy atom. The third kappa shape index (κ3) is 4.52. The highest BCUT2D eigenvalue weighted by Gasteiger charge is 2.24. The van der Waals surface area contributed by atoms with Crippen LogP contribution in [-0.4, -0.2) is 31.9 Å². The van der Waals surface area contributed by atoms with Crippen LogP contribution in [0.1, 0.15) is 24.8 Å². The summed E-state index contributed by atoms with van der Waals surface area (Å²) >= 11 is 0. The molecule has 0 saturated carbocycles. The summed E-state index contributed by atoms with van der Waals surface area (Å²) in [4.78, 5) is 11.8. The smallest absolute Gasteiger partial charge is 0.220 e. The number of anilines is 1. The van der Waals surface area contributed by atoms with E-state index in [1.807, 2.05) is 24.3 Å². The molecule has 110 valence electrons. The molecule has 0 bridgehead atoms. The van der Waals surface area contributed by atoms with E-state index in [-0.39, 0.29) is 23.5 Å². The van der Waals surface area contributed by atoms with Crippen LogP contribution in [0.4, 0.5) is 5.69 Å². The van der Waals surface area contributed by atoms with Crippen molar-refractivity contribution < 1.29 is 13.2 Å². The maximum atomic E-state index is 11.8. The Kier molecular flexibility index (Phi) is 4.65. The molecule has 0 aromatic heterocycles. The predicted octanol–water partition coefficient (Wildman–Crippen LogP) is 0.895. The minimum atomic E-state index is -2.87. The second kappa shape index (κ2) is 6.26. The fourth-order valence-corrected chi connectivity index (χ4v) is 3.77. The number of sulfone groups is 1. The van der Waals surface area contributed by atoms with Crippen molar-refractivity contribution in [2.45, 2.75) is 31.7 Å². The fraction of sp³-hybridized carbons (Fsp3) is 0.500. The van der Waals surface area contributed by atoms with Gasteiger partial charge in [0.2, 0.25) is 5.91 Å². The number of amides is 1. The van der Waals surface area contributed by atoms with Crippen LogP contribution in [0.25, 0.3) is 0 Å². The highest BCUT2D eigenvalue weighted by Crippen LogP contribution is 2.13.